The normalized spacial score (nSPS) is 11.3. The summed E-state index contributed by atoms with van der Waals surface area (Å²) in [4.78, 5) is 0. The molecule has 0 saturated carbocycles. The second-order valence-electron chi connectivity index (χ2n) is 6.25. The van der Waals surface area contributed by atoms with Gasteiger partial charge in [-0.25, -0.2) is 0 Å². The van der Waals surface area contributed by atoms with Gasteiger partial charge in [0.2, 0.25) is 11.2 Å². The summed E-state index contributed by atoms with van der Waals surface area (Å²) in [7, 11) is 2.16. The smallest absolute Gasteiger partial charge is 0.194 e. The molecule has 1 nitrogen and oxygen atoms in total. The van der Waals surface area contributed by atoms with Crippen molar-refractivity contribution in [3.63, 3.8) is 0 Å². The van der Waals surface area contributed by atoms with E-state index < -0.39 is 0 Å². The summed E-state index contributed by atoms with van der Waals surface area (Å²) in [5.74, 6) is 0. The summed E-state index contributed by atoms with van der Waals surface area (Å²) in [6.45, 7) is 4.43. The van der Waals surface area contributed by atoms with Gasteiger partial charge in [0.15, 0.2) is 0 Å². The Labute approximate surface area is 136 Å². The highest BCUT2D eigenvalue weighted by molar-refractivity contribution is 5.98. The third-order valence-corrected chi connectivity index (χ3v) is 4.91. The predicted octanol–water partition coefficient (Wildman–Crippen LogP) is 5.10. The minimum atomic E-state index is 1.26. The standard InChI is InChI=1S/C22H20N/c1-15-14-18-9-4-6-10-19(18)22(16(15)2)21-13-12-17-8-5-7-11-20(17)23(21)3/h4-14H,1-3H3/q+1. The fourth-order valence-corrected chi connectivity index (χ4v) is 3.52. The quantitative estimate of drug-likeness (QED) is 0.430. The average molecular weight is 298 g/mol. The van der Waals surface area contributed by atoms with Gasteiger partial charge >= 0.3 is 0 Å². The average Bonchev–Trinajstić information content (AvgIpc) is 2.58. The van der Waals surface area contributed by atoms with E-state index in [1.54, 1.807) is 0 Å². The summed E-state index contributed by atoms with van der Waals surface area (Å²) in [5, 5.41) is 3.90. The second-order valence-corrected chi connectivity index (χ2v) is 6.25. The maximum Gasteiger partial charge on any atom is 0.213 e. The zero-order chi connectivity index (χ0) is 16.0. The number of fused-ring (bicyclic) bond motifs is 2. The zero-order valence-corrected chi connectivity index (χ0v) is 13.8. The van der Waals surface area contributed by atoms with Crippen LogP contribution in [-0.2, 0) is 7.05 Å². The van der Waals surface area contributed by atoms with E-state index in [0.717, 1.165) is 0 Å². The van der Waals surface area contributed by atoms with Gasteiger partial charge in [0.25, 0.3) is 0 Å². The number of para-hydroxylation sites is 1. The molecule has 1 heteroatoms. The number of benzene rings is 3. The zero-order valence-electron chi connectivity index (χ0n) is 13.8. The van der Waals surface area contributed by atoms with Crippen molar-refractivity contribution in [1.29, 1.82) is 0 Å². The topological polar surface area (TPSA) is 3.88 Å². The summed E-state index contributed by atoms with van der Waals surface area (Å²) in [5.41, 5.74) is 6.56. The van der Waals surface area contributed by atoms with E-state index in [0.29, 0.717) is 0 Å². The maximum atomic E-state index is 2.31. The van der Waals surface area contributed by atoms with Gasteiger partial charge < -0.3 is 0 Å². The van der Waals surface area contributed by atoms with Crippen LogP contribution in [0, 0.1) is 13.8 Å². The summed E-state index contributed by atoms with van der Waals surface area (Å²) in [6.07, 6.45) is 0. The van der Waals surface area contributed by atoms with Gasteiger partial charge in [-0.15, -0.1) is 0 Å². The molecule has 3 aromatic carbocycles. The Hall–Kier alpha value is -2.67. The van der Waals surface area contributed by atoms with Crippen LogP contribution in [0.4, 0.5) is 0 Å². The lowest BCUT2D eigenvalue weighted by atomic mass is 9.93. The molecule has 1 aromatic heterocycles. The molecule has 0 aliphatic heterocycles. The Morgan fingerprint density at radius 2 is 1.43 bits per heavy atom. The van der Waals surface area contributed by atoms with E-state index in [2.05, 4.69) is 92.2 Å². The first-order valence-corrected chi connectivity index (χ1v) is 8.04. The van der Waals surface area contributed by atoms with Crippen LogP contribution in [0.2, 0.25) is 0 Å². The highest BCUT2D eigenvalue weighted by atomic mass is 14.9. The van der Waals surface area contributed by atoms with Crippen LogP contribution in [0.5, 0.6) is 0 Å². The Kier molecular flexibility index (Phi) is 3.16. The Morgan fingerprint density at radius 3 is 2.26 bits per heavy atom. The van der Waals surface area contributed by atoms with Crippen LogP contribution < -0.4 is 4.57 Å². The fourth-order valence-electron chi connectivity index (χ4n) is 3.52. The minimum absolute atomic E-state index is 1.26. The molecule has 23 heavy (non-hydrogen) atoms. The molecule has 0 N–H and O–H groups in total. The molecule has 0 fully saturated rings. The van der Waals surface area contributed by atoms with Gasteiger partial charge in [0.05, 0.1) is 5.56 Å². The number of rotatable bonds is 1. The first kappa shape index (κ1) is 14.0. The van der Waals surface area contributed by atoms with Crippen LogP contribution in [0.3, 0.4) is 0 Å². The highest BCUT2D eigenvalue weighted by Crippen LogP contribution is 2.33. The summed E-state index contributed by atoms with van der Waals surface area (Å²) in [6, 6.07) is 24.0. The molecule has 4 aromatic rings. The van der Waals surface area contributed by atoms with Crippen LogP contribution in [-0.4, -0.2) is 0 Å². The van der Waals surface area contributed by atoms with Crippen molar-refractivity contribution >= 4 is 21.7 Å². The van der Waals surface area contributed by atoms with Crippen LogP contribution >= 0.6 is 0 Å². The SMILES string of the molecule is Cc1cc2ccccc2c(-c2ccc3ccccc3[n+]2C)c1C. The Morgan fingerprint density at radius 1 is 0.739 bits per heavy atom. The lowest BCUT2D eigenvalue weighted by molar-refractivity contribution is -0.633. The van der Waals surface area contributed by atoms with Gasteiger partial charge in [-0.2, -0.15) is 4.57 Å². The molecule has 0 amide bonds. The van der Waals surface area contributed by atoms with Crippen molar-refractivity contribution < 1.29 is 4.57 Å². The third kappa shape index (κ3) is 2.12. The lowest BCUT2D eigenvalue weighted by Crippen LogP contribution is -2.32. The number of aromatic nitrogens is 1. The predicted molar refractivity (Wildman–Crippen MR) is 97.5 cm³/mol. The number of nitrogens with zero attached hydrogens (tertiary/aromatic N) is 1. The number of hydrogen-bond acceptors (Lipinski definition) is 0. The Bertz CT molecular complexity index is 1040. The van der Waals surface area contributed by atoms with E-state index in [4.69, 9.17) is 0 Å². The molecule has 1 heterocycles. The first-order valence-electron chi connectivity index (χ1n) is 8.04. The first-order chi connectivity index (χ1) is 11.2. The van der Waals surface area contributed by atoms with Crippen LogP contribution in [0.25, 0.3) is 32.9 Å². The Balaban J connectivity index is 2.14. The van der Waals surface area contributed by atoms with Crippen molar-refractivity contribution in [3.05, 3.63) is 77.9 Å². The van der Waals surface area contributed by atoms with Gasteiger partial charge in [-0.3, -0.25) is 0 Å². The monoisotopic (exact) mass is 298 g/mol. The molecule has 0 bridgehead atoms. The second kappa shape index (κ2) is 5.20. The molecule has 0 unspecified atom stereocenters. The molecule has 0 spiro atoms. The molecule has 4 rings (SSSR count). The summed E-state index contributed by atoms with van der Waals surface area (Å²) >= 11 is 0. The van der Waals surface area contributed by atoms with Crippen LogP contribution in [0.15, 0.2) is 66.7 Å². The molecule has 0 aliphatic carbocycles. The minimum Gasteiger partial charge on any atom is -0.194 e. The van der Waals surface area contributed by atoms with E-state index in [1.165, 1.54) is 44.1 Å². The van der Waals surface area contributed by atoms with E-state index in [1.807, 2.05) is 0 Å². The molecule has 0 atom stereocenters. The van der Waals surface area contributed by atoms with Crippen LogP contribution in [0.1, 0.15) is 11.1 Å². The van der Waals surface area contributed by atoms with Gasteiger partial charge in [-0.05, 0) is 47.9 Å². The lowest BCUT2D eigenvalue weighted by Gasteiger charge is -2.12. The van der Waals surface area contributed by atoms with E-state index in [-0.39, 0.29) is 0 Å². The van der Waals surface area contributed by atoms with Gasteiger partial charge in [-0.1, -0.05) is 42.5 Å². The molecule has 0 saturated heterocycles. The fraction of sp³-hybridized carbons (Fsp3) is 0.136. The molecular weight excluding hydrogens is 278 g/mol. The molecule has 112 valence electrons. The largest absolute Gasteiger partial charge is 0.213 e. The summed E-state index contributed by atoms with van der Waals surface area (Å²) < 4.78 is 2.31. The molecule has 0 aliphatic rings. The van der Waals surface area contributed by atoms with E-state index in [9.17, 15) is 0 Å². The molecule has 0 radical (unpaired) electrons. The van der Waals surface area contributed by atoms with Crippen molar-refractivity contribution in [2.45, 2.75) is 13.8 Å². The van der Waals surface area contributed by atoms with E-state index >= 15 is 0 Å². The van der Waals surface area contributed by atoms with Gasteiger partial charge in [0, 0.05) is 17.5 Å². The number of hydrogen-bond donors (Lipinski definition) is 0. The number of aryl methyl sites for hydroxylation is 2. The maximum absolute atomic E-state index is 2.31. The third-order valence-electron chi connectivity index (χ3n) is 4.91. The highest BCUT2D eigenvalue weighted by Gasteiger charge is 2.19. The van der Waals surface area contributed by atoms with Crippen molar-refractivity contribution in [3.8, 4) is 11.3 Å². The number of pyridine rings is 1. The molecular formula is C22H20N+. The van der Waals surface area contributed by atoms with Crippen molar-refractivity contribution in [2.75, 3.05) is 0 Å². The van der Waals surface area contributed by atoms with Gasteiger partial charge in [0.1, 0.15) is 7.05 Å². The van der Waals surface area contributed by atoms with Crippen molar-refractivity contribution in [2.24, 2.45) is 7.05 Å². The van der Waals surface area contributed by atoms with Crippen molar-refractivity contribution in [1.82, 2.24) is 0 Å².